The fraction of sp³-hybridized carbons (Fsp3) is 0.722. The van der Waals surface area contributed by atoms with Crippen molar-refractivity contribution in [2.45, 2.75) is 52.0 Å². The van der Waals surface area contributed by atoms with Crippen molar-refractivity contribution >= 4 is 11.2 Å². The van der Waals surface area contributed by atoms with E-state index in [-0.39, 0.29) is 0 Å². The Morgan fingerprint density at radius 3 is 2.64 bits per heavy atom. The molecule has 3 heterocycles. The number of unbranched alkanes of at least 4 members (excludes halogenated alkanes) is 2. The summed E-state index contributed by atoms with van der Waals surface area (Å²) in [6.45, 7) is 7.30. The predicted octanol–water partition coefficient (Wildman–Crippen LogP) is 2.89. The number of hydrogen-bond acceptors (Lipinski definition) is 6. The second kappa shape index (κ2) is 8.99. The number of aromatic nitrogens is 4. The van der Waals surface area contributed by atoms with E-state index in [0.717, 1.165) is 37.0 Å². The third-order valence-electron chi connectivity index (χ3n) is 4.65. The van der Waals surface area contributed by atoms with Crippen molar-refractivity contribution in [3.8, 4) is 12.0 Å². The van der Waals surface area contributed by atoms with Gasteiger partial charge in [0.2, 0.25) is 0 Å². The first kappa shape index (κ1) is 17.9. The zero-order valence-corrected chi connectivity index (χ0v) is 15.4. The van der Waals surface area contributed by atoms with E-state index in [1.54, 1.807) is 13.3 Å². The summed E-state index contributed by atoms with van der Waals surface area (Å²) in [5.74, 6) is 0. The molecule has 1 saturated heterocycles. The molecule has 0 radical (unpaired) electrons. The van der Waals surface area contributed by atoms with Gasteiger partial charge in [0.1, 0.15) is 5.52 Å². The van der Waals surface area contributed by atoms with Gasteiger partial charge in [-0.25, -0.2) is 4.98 Å². The molecule has 3 rings (SSSR count). The lowest BCUT2D eigenvalue weighted by Gasteiger charge is -2.14. The second-order valence-electron chi connectivity index (χ2n) is 6.57. The Hall–Kier alpha value is -1.89. The van der Waals surface area contributed by atoms with E-state index in [1.165, 1.54) is 38.9 Å². The van der Waals surface area contributed by atoms with Gasteiger partial charge in [-0.2, -0.15) is 9.97 Å². The maximum atomic E-state index is 5.63. The fourth-order valence-corrected chi connectivity index (χ4v) is 3.23. The van der Waals surface area contributed by atoms with Crippen LogP contribution in [0, 0.1) is 0 Å². The first-order chi connectivity index (χ1) is 12.3. The minimum atomic E-state index is 0.418. The number of likely N-dealkylation sites (tertiary alicyclic amines) is 1. The van der Waals surface area contributed by atoms with E-state index in [1.807, 2.05) is 4.57 Å². The van der Waals surface area contributed by atoms with Gasteiger partial charge in [-0.3, -0.25) is 4.57 Å². The van der Waals surface area contributed by atoms with E-state index in [2.05, 4.69) is 26.8 Å². The van der Waals surface area contributed by atoms with Crippen LogP contribution in [-0.2, 0) is 6.54 Å². The summed E-state index contributed by atoms with van der Waals surface area (Å²) in [7, 11) is 1.65. The Labute approximate surface area is 149 Å². The molecule has 0 bridgehead atoms. The lowest BCUT2D eigenvalue weighted by Crippen LogP contribution is -2.20. The van der Waals surface area contributed by atoms with Gasteiger partial charge in [0.25, 0.3) is 6.01 Å². The van der Waals surface area contributed by atoms with Crippen LogP contribution in [0.5, 0.6) is 12.0 Å². The van der Waals surface area contributed by atoms with E-state index < -0.39 is 0 Å². The van der Waals surface area contributed by atoms with Gasteiger partial charge >= 0.3 is 6.01 Å². The van der Waals surface area contributed by atoms with Crippen molar-refractivity contribution in [2.75, 3.05) is 33.4 Å². The van der Waals surface area contributed by atoms with Crippen LogP contribution in [0.4, 0.5) is 0 Å². The molecule has 0 atom stereocenters. The molecule has 1 aliphatic rings. The van der Waals surface area contributed by atoms with Crippen LogP contribution in [0.25, 0.3) is 11.2 Å². The lowest BCUT2D eigenvalue weighted by molar-refractivity contribution is 0.286. The van der Waals surface area contributed by atoms with Crippen LogP contribution in [-0.4, -0.2) is 57.8 Å². The van der Waals surface area contributed by atoms with Crippen LogP contribution >= 0.6 is 0 Å². The molecule has 7 nitrogen and oxygen atoms in total. The smallest absolute Gasteiger partial charge is 0.318 e. The molecular formula is C18H29N5O2. The standard InChI is InChI=1S/C18H29N5O2/c1-3-4-13-25-17-19-14-15-16(21-17)23(18(20-15)24-2)12-8-7-11-22-9-5-6-10-22/h14H,3-13H2,1-2H3. The first-order valence-corrected chi connectivity index (χ1v) is 9.44. The Balaban J connectivity index is 1.64. The zero-order valence-electron chi connectivity index (χ0n) is 15.4. The van der Waals surface area contributed by atoms with Gasteiger partial charge in [-0.1, -0.05) is 13.3 Å². The molecule has 0 aliphatic carbocycles. The lowest BCUT2D eigenvalue weighted by atomic mass is 10.3. The second-order valence-corrected chi connectivity index (χ2v) is 6.57. The van der Waals surface area contributed by atoms with Crippen molar-refractivity contribution in [1.29, 1.82) is 0 Å². The van der Waals surface area contributed by atoms with Crippen molar-refractivity contribution in [1.82, 2.24) is 24.4 Å². The topological polar surface area (TPSA) is 65.3 Å². The quantitative estimate of drug-likeness (QED) is 0.616. The summed E-state index contributed by atoms with van der Waals surface area (Å²) < 4.78 is 13.1. The van der Waals surface area contributed by atoms with Crippen LogP contribution < -0.4 is 9.47 Å². The molecule has 7 heteroatoms. The average Bonchev–Trinajstić information content (AvgIpc) is 3.26. The summed E-state index contributed by atoms with van der Waals surface area (Å²) in [5, 5.41) is 0. The number of rotatable bonds is 10. The molecule has 25 heavy (non-hydrogen) atoms. The largest absolute Gasteiger partial charge is 0.468 e. The van der Waals surface area contributed by atoms with Gasteiger partial charge in [-0.15, -0.1) is 0 Å². The molecule has 1 fully saturated rings. The summed E-state index contributed by atoms with van der Waals surface area (Å²) in [6, 6.07) is 1.01. The maximum Gasteiger partial charge on any atom is 0.318 e. The molecule has 1 aliphatic heterocycles. The van der Waals surface area contributed by atoms with Crippen LogP contribution in [0.2, 0.25) is 0 Å². The predicted molar refractivity (Wildman–Crippen MR) is 97.2 cm³/mol. The van der Waals surface area contributed by atoms with Crippen molar-refractivity contribution in [2.24, 2.45) is 0 Å². The number of ether oxygens (including phenoxy) is 2. The maximum absolute atomic E-state index is 5.63. The number of aryl methyl sites for hydroxylation is 1. The number of imidazole rings is 1. The number of fused-ring (bicyclic) bond motifs is 1. The van der Waals surface area contributed by atoms with Gasteiger partial charge in [0.15, 0.2) is 5.65 Å². The molecule has 0 amide bonds. The Bertz CT molecular complexity index is 667. The number of hydrogen-bond donors (Lipinski definition) is 0. The number of nitrogens with zero attached hydrogens (tertiary/aromatic N) is 5. The normalized spacial score (nSPS) is 15.1. The van der Waals surface area contributed by atoms with Crippen LogP contribution in [0.1, 0.15) is 45.4 Å². The van der Waals surface area contributed by atoms with Gasteiger partial charge < -0.3 is 14.4 Å². The van der Waals surface area contributed by atoms with Crippen molar-refractivity contribution < 1.29 is 9.47 Å². The summed E-state index contributed by atoms with van der Waals surface area (Å²) in [4.78, 5) is 15.8. The Morgan fingerprint density at radius 2 is 1.88 bits per heavy atom. The van der Waals surface area contributed by atoms with Gasteiger partial charge in [-0.05, 0) is 51.7 Å². The summed E-state index contributed by atoms with van der Waals surface area (Å²) >= 11 is 0. The zero-order chi connectivity index (χ0) is 17.5. The molecule has 138 valence electrons. The number of methoxy groups -OCH3 is 1. The molecular weight excluding hydrogens is 318 g/mol. The highest BCUT2D eigenvalue weighted by Crippen LogP contribution is 2.21. The third kappa shape index (κ3) is 4.60. The minimum Gasteiger partial charge on any atom is -0.468 e. The Kier molecular flexibility index (Phi) is 6.44. The molecule has 0 aromatic carbocycles. The van der Waals surface area contributed by atoms with Gasteiger partial charge in [0.05, 0.1) is 19.9 Å². The fourth-order valence-electron chi connectivity index (χ4n) is 3.23. The molecule has 2 aromatic heterocycles. The highest BCUT2D eigenvalue weighted by molar-refractivity contribution is 5.71. The molecule has 2 aromatic rings. The monoisotopic (exact) mass is 347 g/mol. The van der Waals surface area contributed by atoms with E-state index in [9.17, 15) is 0 Å². The Morgan fingerprint density at radius 1 is 1.08 bits per heavy atom. The average molecular weight is 347 g/mol. The minimum absolute atomic E-state index is 0.418. The molecule has 0 unspecified atom stereocenters. The highest BCUT2D eigenvalue weighted by Gasteiger charge is 2.15. The first-order valence-electron chi connectivity index (χ1n) is 9.44. The molecule has 0 spiro atoms. The van der Waals surface area contributed by atoms with Gasteiger partial charge in [0, 0.05) is 6.54 Å². The summed E-state index contributed by atoms with van der Waals surface area (Å²) in [5.41, 5.74) is 1.54. The van der Waals surface area contributed by atoms with E-state index in [4.69, 9.17) is 9.47 Å². The van der Waals surface area contributed by atoms with E-state index >= 15 is 0 Å². The molecule has 0 N–H and O–H groups in total. The summed E-state index contributed by atoms with van der Waals surface area (Å²) in [6.07, 6.45) is 8.75. The van der Waals surface area contributed by atoms with Crippen molar-refractivity contribution in [3.05, 3.63) is 6.20 Å². The third-order valence-corrected chi connectivity index (χ3v) is 4.65. The molecule has 0 saturated carbocycles. The van der Waals surface area contributed by atoms with E-state index in [0.29, 0.717) is 18.6 Å². The van der Waals surface area contributed by atoms with Crippen LogP contribution in [0.15, 0.2) is 6.20 Å². The van der Waals surface area contributed by atoms with Crippen molar-refractivity contribution in [3.63, 3.8) is 0 Å². The highest BCUT2D eigenvalue weighted by atomic mass is 16.5. The van der Waals surface area contributed by atoms with Crippen LogP contribution in [0.3, 0.4) is 0 Å². The SMILES string of the molecule is CCCCOc1ncc2nc(OC)n(CCCCN3CCCC3)c2n1.